The van der Waals surface area contributed by atoms with Crippen LogP contribution in [0.4, 0.5) is 23.7 Å². The monoisotopic (exact) mass is 481 g/mol. The molecule has 0 unspecified atom stereocenters. The first-order valence-corrected chi connectivity index (χ1v) is 10.9. The van der Waals surface area contributed by atoms with E-state index in [1.54, 1.807) is 0 Å². The molecule has 0 radical (unpaired) electrons. The number of thiol groups is 1. The molecule has 32 heavy (non-hydrogen) atoms. The molecule has 2 aliphatic heterocycles. The number of carbonyl (C=O) groups excluding carboxylic acids is 2. The van der Waals surface area contributed by atoms with Crippen LogP contribution in [-0.4, -0.2) is 82.1 Å². The first-order chi connectivity index (χ1) is 15.1. The van der Waals surface area contributed by atoms with E-state index in [0.717, 1.165) is 12.1 Å². The van der Waals surface area contributed by atoms with E-state index in [9.17, 15) is 31.2 Å². The summed E-state index contributed by atoms with van der Waals surface area (Å²) < 4.78 is 76.0. The number of benzene rings is 1. The van der Waals surface area contributed by atoms with Crippen molar-refractivity contribution in [2.24, 2.45) is 0 Å². The molecule has 2 saturated heterocycles. The van der Waals surface area contributed by atoms with Gasteiger partial charge in [0.1, 0.15) is 6.10 Å². The van der Waals surface area contributed by atoms with Crippen molar-refractivity contribution in [3.8, 4) is 5.75 Å². The number of nitrogens with one attached hydrogen (secondary N) is 1. The van der Waals surface area contributed by atoms with Crippen molar-refractivity contribution in [1.29, 1.82) is 0 Å². The van der Waals surface area contributed by atoms with Gasteiger partial charge in [-0.2, -0.15) is 0 Å². The molecule has 1 N–H and O–H groups in total. The fourth-order valence-corrected chi connectivity index (χ4v) is 3.72. The third kappa shape index (κ3) is 6.63. The minimum Gasteiger partial charge on any atom is -0.446 e. The number of carbonyl (C=O) groups is 2. The lowest BCUT2D eigenvalue weighted by atomic mass is 10.1. The molecule has 0 bridgehead atoms. The molecule has 14 heteroatoms. The Morgan fingerprint density at radius 2 is 1.69 bits per heavy atom. The van der Waals surface area contributed by atoms with Crippen LogP contribution in [0.5, 0.6) is 5.75 Å². The van der Waals surface area contributed by atoms with Crippen LogP contribution in [0.2, 0.25) is 0 Å². The van der Waals surface area contributed by atoms with E-state index in [0.29, 0.717) is 26.1 Å². The molecule has 1 aromatic carbocycles. The summed E-state index contributed by atoms with van der Waals surface area (Å²) in [5.41, 5.74) is -0.565. The molecule has 10 nitrogen and oxygen atoms in total. The van der Waals surface area contributed by atoms with Gasteiger partial charge < -0.3 is 24.0 Å². The highest BCUT2D eigenvalue weighted by Crippen LogP contribution is 2.32. The van der Waals surface area contributed by atoms with Gasteiger partial charge >= 0.3 is 12.5 Å². The van der Waals surface area contributed by atoms with Crippen LogP contribution in [-0.2, 0) is 20.4 Å². The predicted octanol–water partition coefficient (Wildman–Crippen LogP) is 1.60. The maximum absolute atomic E-state index is 12.7. The average molecular weight is 481 g/mol. The zero-order chi connectivity index (χ0) is 23.3. The van der Waals surface area contributed by atoms with Gasteiger partial charge in [-0.1, -0.05) is 0 Å². The van der Waals surface area contributed by atoms with Crippen molar-refractivity contribution in [3.63, 3.8) is 0 Å². The van der Waals surface area contributed by atoms with Gasteiger partial charge in [0.15, 0.2) is 5.75 Å². The fourth-order valence-electron chi connectivity index (χ4n) is 3.34. The van der Waals surface area contributed by atoms with Gasteiger partial charge in [-0.15, -0.1) is 13.2 Å². The van der Waals surface area contributed by atoms with Crippen molar-refractivity contribution < 1.29 is 45.4 Å². The Hall–Kier alpha value is -2.74. The molecule has 0 spiro atoms. The standard InChI is InChI=1S/C18H22F3N3O7S/c19-18(20,21)31-15-11-12(1-2-14(15)22-32(27)28)16(25)23-5-7-24(8-6-23)17(26)30-13-3-9-29-10-4-13/h1-2,11,13,32H,3-10H2,(H,22,27,28). The Labute approximate surface area is 183 Å². The van der Waals surface area contributed by atoms with E-state index in [1.807, 2.05) is 4.72 Å². The first-order valence-electron chi connectivity index (χ1n) is 9.76. The topological polar surface area (TPSA) is 114 Å². The normalized spacial score (nSPS) is 17.9. The summed E-state index contributed by atoms with van der Waals surface area (Å²) in [7, 11) is -3.24. The number of rotatable bonds is 5. The number of alkyl halides is 3. The highest BCUT2D eigenvalue weighted by molar-refractivity contribution is 7.73. The Morgan fingerprint density at radius 3 is 2.28 bits per heavy atom. The second-order valence-electron chi connectivity index (χ2n) is 7.10. The van der Waals surface area contributed by atoms with Gasteiger partial charge in [0.2, 0.25) is 10.9 Å². The van der Waals surface area contributed by atoms with Crippen LogP contribution in [0.1, 0.15) is 23.2 Å². The van der Waals surface area contributed by atoms with E-state index < -0.39 is 40.7 Å². The molecule has 0 aliphatic carbocycles. The number of hydrogen-bond acceptors (Lipinski definition) is 7. The second kappa shape index (κ2) is 10.3. The Morgan fingerprint density at radius 1 is 1.06 bits per heavy atom. The number of nitrogens with zero attached hydrogens (tertiary/aromatic N) is 2. The maximum atomic E-state index is 12.7. The van der Waals surface area contributed by atoms with Crippen LogP contribution in [0.3, 0.4) is 0 Å². The summed E-state index contributed by atoms with van der Waals surface area (Å²) in [4.78, 5) is 27.9. The molecule has 0 atom stereocenters. The number of amides is 2. The smallest absolute Gasteiger partial charge is 0.446 e. The van der Waals surface area contributed by atoms with E-state index in [-0.39, 0.29) is 37.8 Å². The summed E-state index contributed by atoms with van der Waals surface area (Å²) >= 11 is 0. The molecule has 178 valence electrons. The second-order valence-corrected chi connectivity index (χ2v) is 7.84. The van der Waals surface area contributed by atoms with Crippen LogP contribution in [0.15, 0.2) is 18.2 Å². The van der Waals surface area contributed by atoms with Gasteiger partial charge in [-0.25, -0.2) is 13.2 Å². The van der Waals surface area contributed by atoms with Crippen molar-refractivity contribution in [2.45, 2.75) is 25.3 Å². The van der Waals surface area contributed by atoms with E-state index in [4.69, 9.17) is 9.47 Å². The number of halogens is 3. The van der Waals surface area contributed by atoms with Crippen molar-refractivity contribution >= 4 is 28.6 Å². The molecule has 2 amide bonds. The van der Waals surface area contributed by atoms with Crippen LogP contribution < -0.4 is 9.46 Å². The Kier molecular flexibility index (Phi) is 7.66. The molecule has 1 aromatic rings. The molecule has 2 aliphatic rings. The molecular weight excluding hydrogens is 459 g/mol. The lowest BCUT2D eigenvalue weighted by Crippen LogP contribution is -2.51. The van der Waals surface area contributed by atoms with Crippen LogP contribution in [0, 0.1) is 0 Å². The first kappa shape index (κ1) is 23.9. The lowest BCUT2D eigenvalue weighted by Gasteiger charge is -2.35. The summed E-state index contributed by atoms with van der Waals surface area (Å²) in [6, 6.07) is 3.03. The largest absolute Gasteiger partial charge is 0.573 e. The van der Waals surface area contributed by atoms with Crippen molar-refractivity contribution in [1.82, 2.24) is 9.80 Å². The van der Waals surface area contributed by atoms with Crippen LogP contribution >= 0.6 is 0 Å². The zero-order valence-corrected chi connectivity index (χ0v) is 17.7. The predicted molar refractivity (Wildman–Crippen MR) is 105 cm³/mol. The molecule has 2 fully saturated rings. The summed E-state index contributed by atoms with van der Waals surface area (Å²) in [6.07, 6.45) is -4.52. The SMILES string of the molecule is O=C(OC1CCOCC1)N1CCN(C(=O)c2ccc(N[SH](=O)=O)c(OC(F)(F)F)c2)CC1. The minimum absolute atomic E-state index is 0.117. The van der Waals surface area contributed by atoms with Crippen molar-refractivity contribution in [2.75, 3.05) is 44.1 Å². The minimum atomic E-state index is -5.08. The number of ether oxygens (including phenoxy) is 3. The zero-order valence-electron chi connectivity index (χ0n) is 16.8. The average Bonchev–Trinajstić information content (AvgIpc) is 2.74. The molecule has 0 saturated carbocycles. The van der Waals surface area contributed by atoms with Crippen molar-refractivity contribution in [3.05, 3.63) is 23.8 Å². The number of anilines is 1. The highest BCUT2D eigenvalue weighted by Gasteiger charge is 2.33. The Balaban J connectivity index is 1.62. The van der Waals surface area contributed by atoms with Gasteiger partial charge in [0.05, 0.1) is 18.9 Å². The van der Waals surface area contributed by atoms with E-state index in [1.165, 1.54) is 15.9 Å². The lowest BCUT2D eigenvalue weighted by molar-refractivity contribution is -0.274. The van der Waals surface area contributed by atoms with Gasteiger partial charge in [-0.3, -0.25) is 9.52 Å². The third-order valence-corrected chi connectivity index (χ3v) is 5.35. The summed E-state index contributed by atoms with van der Waals surface area (Å²) in [6.45, 7) is 1.78. The third-order valence-electron chi connectivity index (χ3n) is 4.93. The summed E-state index contributed by atoms with van der Waals surface area (Å²) in [5.74, 6) is -1.42. The summed E-state index contributed by atoms with van der Waals surface area (Å²) in [5, 5.41) is 0. The fraction of sp³-hybridized carbons (Fsp3) is 0.556. The molecular formula is C18H22F3N3O7S. The van der Waals surface area contributed by atoms with Gasteiger partial charge in [0, 0.05) is 44.6 Å². The number of piperazine rings is 1. The van der Waals surface area contributed by atoms with E-state index >= 15 is 0 Å². The quantitative estimate of drug-likeness (QED) is 0.614. The van der Waals surface area contributed by atoms with Gasteiger partial charge in [-0.05, 0) is 18.2 Å². The molecule has 2 heterocycles. The number of hydrogen-bond donors (Lipinski definition) is 2. The van der Waals surface area contributed by atoms with Gasteiger partial charge in [0.25, 0.3) is 5.91 Å². The molecule has 3 rings (SSSR count). The highest BCUT2D eigenvalue weighted by atomic mass is 32.2. The van der Waals surface area contributed by atoms with E-state index in [2.05, 4.69) is 4.74 Å². The van der Waals surface area contributed by atoms with Crippen LogP contribution in [0.25, 0.3) is 0 Å². The maximum Gasteiger partial charge on any atom is 0.573 e. The molecule has 0 aromatic heterocycles. The Bertz CT molecular complexity index is 904.